The molecular weight excluding hydrogens is 342 g/mol. The summed E-state index contributed by atoms with van der Waals surface area (Å²) in [6.07, 6.45) is 0.0197. The number of aromatic hydroxyl groups is 1. The van der Waals surface area contributed by atoms with Gasteiger partial charge in [-0.05, 0) is 49.7 Å². The molecule has 0 radical (unpaired) electrons. The second kappa shape index (κ2) is 8.30. The van der Waals surface area contributed by atoms with Crippen molar-refractivity contribution >= 4 is 34.8 Å². The summed E-state index contributed by atoms with van der Waals surface area (Å²) < 4.78 is 0. The van der Waals surface area contributed by atoms with Gasteiger partial charge in [-0.15, -0.1) is 0 Å². The van der Waals surface area contributed by atoms with Crippen LogP contribution in [0.15, 0.2) is 47.6 Å². The Balaban J connectivity index is 1.90. The topological polar surface area (TPSA) is 90.8 Å². The molecule has 0 heterocycles. The van der Waals surface area contributed by atoms with Crippen LogP contribution in [0.2, 0.25) is 5.02 Å². The Hall–Kier alpha value is -2.86. The first-order valence-electron chi connectivity index (χ1n) is 7.53. The lowest BCUT2D eigenvalue weighted by Gasteiger charge is -2.07. The summed E-state index contributed by atoms with van der Waals surface area (Å²) in [5.74, 6) is -0.752. The molecule has 0 bridgehead atoms. The molecule has 0 fully saturated rings. The molecule has 0 aliphatic carbocycles. The van der Waals surface area contributed by atoms with Gasteiger partial charge in [0.15, 0.2) is 0 Å². The zero-order valence-electron chi connectivity index (χ0n) is 13.8. The van der Waals surface area contributed by atoms with E-state index < -0.39 is 5.91 Å². The largest absolute Gasteiger partial charge is 0.508 e. The molecule has 0 aromatic heterocycles. The number of hydrogen-bond donors (Lipinski definition) is 3. The Bertz CT molecular complexity index is 834. The van der Waals surface area contributed by atoms with Crippen molar-refractivity contribution in [2.24, 2.45) is 5.10 Å². The van der Waals surface area contributed by atoms with Crippen LogP contribution in [0.4, 0.5) is 5.69 Å². The van der Waals surface area contributed by atoms with E-state index in [2.05, 4.69) is 15.8 Å². The molecule has 0 saturated heterocycles. The Morgan fingerprint density at radius 2 is 1.96 bits per heavy atom. The lowest BCUT2D eigenvalue weighted by atomic mass is 10.2. The van der Waals surface area contributed by atoms with E-state index in [0.717, 1.165) is 5.56 Å². The van der Waals surface area contributed by atoms with Gasteiger partial charge in [-0.25, -0.2) is 5.43 Å². The molecule has 6 nitrogen and oxygen atoms in total. The van der Waals surface area contributed by atoms with Gasteiger partial charge >= 0.3 is 0 Å². The fourth-order valence-electron chi connectivity index (χ4n) is 2.01. The third kappa shape index (κ3) is 5.61. The number of phenols is 1. The molecule has 0 saturated carbocycles. The van der Waals surface area contributed by atoms with Gasteiger partial charge in [0.1, 0.15) is 5.75 Å². The van der Waals surface area contributed by atoms with Gasteiger partial charge < -0.3 is 10.4 Å². The second-order valence-corrected chi connectivity index (χ2v) is 5.93. The SMILES string of the molecule is C/C(CC(=O)Nc1ccc(C)c(Cl)c1)=N/NC(=O)c1cccc(O)c1. The van der Waals surface area contributed by atoms with Gasteiger partial charge in [-0.1, -0.05) is 23.7 Å². The number of hydrogen-bond acceptors (Lipinski definition) is 4. The predicted octanol–water partition coefficient (Wildman–Crippen LogP) is 3.49. The van der Waals surface area contributed by atoms with Crippen LogP contribution in [0.1, 0.15) is 29.3 Å². The fourth-order valence-corrected chi connectivity index (χ4v) is 2.19. The van der Waals surface area contributed by atoms with E-state index in [1.54, 1.807) is 31.2 Å². The highest BCUT2D eigenvalue weighted by atomic mass is 35.5. The summed E-state index contributed by atoms with van der Waals surface area (Å²) in [6, 6.07) is 11.1. The van der Waals surface area contributed by atoms with Crippen molar-refractivity contribution in [3.05, 3.63) is 58.6 Å². The zero-order chi connectivity index (χ0) is 18.4. The quantitative estimate of drug-likeness (QED) is 0.563. The third-order valence-electron chi connectivity index (χ3n) is 3.33. The number of phenolic OH excluding ortho intramolecular Hbond substituents is 1. The van der Waals surface area contributed by atoms with Gasteiger partial charge in [0.2, 0.25) is 5.91 Å². The first-order chi connectivity index (χ1) is 11.8. The highest BCUT2D eigenvalue weighted by Gasteiger charge is 2.08. The molecule has 0 aliphatic rings. The van der Waals surface area contributed by atoms with Gasteiger partial charge in [0, 0.05) is 22.0 Å². The average molecular weight is 360 g/mol. The summed E-state index contributed by atoms with van der Waals surface area (Å²) in [7, 11) is 0. The maximum Gasteiger partial charge on any atom is 0.271 e. The van der Waals surface area contributed by atoms with Crippen LogP contribution in [-0.2, 0) is 4.79 Å². The Labute approximate surface area is 150 Å². The van der Waals surface area contributed by atoms with Crippen molar-refractivity contribution in [2.45, 2.75) is 20.3 Å². The average Bonchev–Trinajstić information content (AvgIpc) is 2.56. The number of benzene rings is 2. The fraction of sp³-hybridized carbons (Fsp3) is 0.167. The van der Waals surface area contributed by atoms with E-state index in [0.29, 0.717) is 16.4 Å². The third-order valence-corrected chi connectivity index (χ3v) is 3.74. The maximum absolute atomic E-state index is 12.0. The number of carbonyl (C=O) groups is 2. The van der Waals surface area contributed by atoms with E-state index in [1.165, 1.54) is 12.1 Å². The molecule has 25 heavy (non-hydrogen) atoms. The number of halogens is 1. The van der Waals surface area contributed by atoms with Crippen molar-refractivity contribution in [1.29, 1.82) is 0 Å². The zero-order valence-corrected chi connectivity index (χ0v) is 14.6. The van der Waals surface area contributed by atoms with Crippen molar-refractivity contribution in [3.63, 3.8) is 0 Å². The van der Waals surface area contributed by atoms with Crippen molar-refractivity contribution in [2.75, 3.05) is 5.32 Å². The molecule has 130 valence electrons. The van der Waals surface area contributed by atoms with Crippen LogP contribution in [-0.4, -0.2) is 22.6 Å². The molecule has 2 aromatic rings. The van der Waals surface area contributed by atoms with E-state index in [4.69, 9.17) is 11.6 Å². The second-order valence-electron chi connectivity index (χ2n) is 5.53. The highest BCUT2D eigenvalue weighted by Crippen LogP contribution is 2.20. The van der Waals surface area contributed by atoms with E-state index in [1.807, 2.05) is 13.0 Å². The molecular formula is C18H18ClN3O3. The van der Waals surface area contributed by atoms with Gasteiger partial charge in [-0.2, -0.15) is 5.10 Å². The molecule has 3 N–H and O–H groups in total. The van der Waals surface area contributed by atoms with Crippen molar-refractivity contribution < 1.29 is 14.7 Å². The number of carbonyl (C=O) groups excluding carboxylic acids is 2. The van der Waals surface area contributed by atoms with Gasteiger partial charge in [0.05, 0.1) is 6.42 Å². The molecule has 7 heteroatoms. The van der Waals surface area contributed by atoms with E-state index in [-0.39, 0.29) is 23.6 Å². The number of anilines is 1. The van der Waals surface area contributed by atoms with Crippen molar-refractivity contribution in [1.82, 2.24) is 5.43 Å². The van der Waals surface area contributed by atoms with Crippen LogP contribution < -0.4 is 10.7 Å². The number of aryl methyl sites for hydroxylation is 1. The molecule has 2 rings (SSSR count). The van der Waals surface area contributed by atoms with Crippen LogP contribution in [0.3, 0.4) is 0 Å². The maximum atomic E-state index is 12.0. The van der Waals surface area contributed by atoms with E-state index in [9.17, 15) is 14.7 Å². The van der Waals surface area contributed by atoms with Crippen LogP contribution in [0, 0.1) is 6.92 Å². The Kier molecular flexibility index (Phi) is 6.14. The standard InChI is InChI=1S/C18H18ClN3O3/c1-11-6-7-14(10-16(11)19)20-17(24)8-12(2)21-22-18(25)13-4-3-5-15(23)9-13/h3-7,9-10,23H,8H2,1-2H3,(H,20,24)(H,22,25)/b21-12-. The number of rotatable bonds is 5. The minimum Gasteiger partial charge on any atom is -0.508 e. The minimum atomic E-state index is -0.471. The molecule has 2 aromatic carbocycles. The minimum absolute atomic E-state index is 0.00973. The molecule has 0 aliphatic heterocycles. The normalized spacial score (nSPS) is 11.1. The number of amides is 2. The number of hydrazone groups is 1. The Morgan fingerprint density at radius 3 is 2.64 bits per heavy atom. The van der Waals surface area contributed by atoms with Crippen LogP contribution >= 0.6 is 11.6 Å². The van der Waals surface area contributed by atoms with Crippen LogP contribution in [0.25, 0.3) is 0 Å². The molecule has 0 spiro atoms. The predicted molar refractivity (Wildman–Crippen MR) is 98.1 cm³/mol. The highest BCUT2D eigenvalue weighted by molar-refractivity contribution is 6.31. The number of nitrogens with zero attached hydrogens (tertiary/aromatic N) is 1. The number of nitrogens with one attached hydrogen (secondary N) is 2. The molecule has 0 atom stereocenters. The summed E-state index contributed by atoms with van der Waals surface area (Å²) in [4.78, 5) is 23.9. The lowest BCUT2D eigenvalue weighted by Crippen LogP contribution is -2.21. The smallest absolute Gasteiger partial charge is 0.271 e. The first-order valence-corrected chi connectivity index (χ1v) is 7.91. The van der Waals surface area contributed by atoms with E-state index >= 15 is 0 Å². The Morgan fingerprint density at radius 1 is 1.20 bits per heavy atom. The molecule has 2 amide bonds. The summed E-state index contributed by atoms with van der Waals surface area (Å²) >= 11 is 6.02. The monoisotopic (exact) mass is 359 g/mol. The van der Waals surface area contributed by atoms with Crippen LogP contribution in [0.5, 0.6) is 5.75 Å². The first kappa shape index (κ1) is 18.5. The molecule has 0 unspecified atom stereocenters. The van der Waals surface area contributed by atoms with Gasteiger partial charge in [0.25, 0.3) is 5.91 Å². The summed E-state index contributed by atoms with van der Waals surface area (Å²) in [5.41, 5.74) is 4.57. The summed E-state index contributed by atoms with van der Waals surface area (Å²) in [6.45, 7) is 3.50. The lowest BCUT2D eigenvalue weighted by molar-refractivity contribution is -0.115. The summed E-state index contributed by atoms with van der Waals surface area (Å²) in [5, 5.41) is 16.5. The van der Waals surface area contributed by atoms with Crippen molar-refractivity contribution in [3.8, 4) is 5.75 Å². The van der Waals surface area contributed by atoms with Gasteiger partial charge in [-0.3, -0.25) is 9.59 Å².